The highest BCUT2D eigenvalue weighted by molar-refractivity contribution is 6.38. The van der Waals surface area contributed by atoms with Crippen molar-refractivity contribution in [3.05, 3.63) is 119 Å². The summed E-state index contributed by atoms with van der Waals surface area (Å²) < 4.78 is 4.96. The minimum Gasteiger partial charge on any atom is -0.442 e. The Balaban J connectivity index is 0.000000215. The second-order valence-corrected chi connectivity index (χ2v) is 13.5. The second kappa shape index (κ2) is 17.3. The molecule has 0 spiro atoms. The number of hydrogen-bond acceptors (Lipinski definition) is 9. The largest absolute Gasteiger partial charge is 0.442 e. The van der Waals surface area contributed by atoms with Crippen molar-refractivity contribution < 1.29 is 38.3 Å². The summed E-state index contributed by atoms with van der Waals surface area (Å²) in [6.45, 7) is 14.1. The number of barbiturate groups is 2. The van der Waals surface area contributed by atoms with Crippen LogP contribution in [0.2, 0.25) is 0 Å². The zero-order chi connectivity index (χ0) is 40.8. The van der Waals surface area contributed by atoms with E-state index in [2.05, 4.69) is 0 Å². The lowest BCUT2D eigenvalue weighted by Crippen LogP contribution is -2.64. The van der Waals surface area contributed by atoms with E-state index in [-0.39, 0.29) is 12.2 Å². The Morgan fingerprint density at radius 2 is 0.964 bits per heavy atom. The van der Waals surface area contributed by atoms with Gasteiger partial charge in [0.25, 0.3) is 17.9 Å². The number of nitrogens with zero attached hydrogens (tertiary/aromatic N) is 5. The molecule has 0 radical (unpaired) electrons. The number of carbonyl (C=O) groups excluding carboxylic acids is 7. The molecule has 0 aromatic heterocycles. The van der Waals surface area contributed by atoms with Gasteiger partial charge in [-0.3, -0.25) is 24.0 Å². The first-order chi connectivity index (χ1) is 26.7. The maximum absolute atomic E-state index is 13.4. The smallest absolute Gasteiger partial charge is 0.342 e. The molecule has 56 heavy (non-hydrogen) atoms. The molecular weight excluding hydrogens is 714 g/mol. The Morgan fingerprint density at radius 1 is 0.571 bits per heavy atom. The van der Waals surface area contributed by atoms with Gasteiger partial charge in [0.05, 0.1) is 22.7 Å². The van der Waals surface area contributed by atoms with Crippen LogP contribution in [-0.2, 0) is 28.7 Å². The van der Waals surface area contributed by atoms with Crippen LogP contribution in [0.3, 0.4) is 0 Å². The third-order valence-corrected chi connectivity index (χ3v) is 9.55. The number of benzene rings is 4. The molecule has 290 valence electrons. The first-order valence-corrected chi connectivity index (χ1v) is 18.3. The van der Waals surface area contributed by atoms with E-state index < -0.39 is 53.7 Å². The molecular formula is C43H45N5O8. The Bertz CT molecular complexity index is 2170. The average molecular weight is 760 g/mol. The van der Waals surface area contributed by atoms with Crippen LogP contribution in [0.1, 0.15) is 43.0 Å². The third-order valence-electron chi connectivity index (χ3n) is 9.55. The molecule has 2 saturated heterocycles. The first kappa shape index (κ1) is 40.7. The number of rotatable bonds is 9. The average Bonchev–Trinajstić information content (AvgIpc) is 3.17. The Kier molecular flexibility index (Phi) is 12.6. The number of amides is 8. The van der Waals surface area contributed by atoms with E-state index in [1.54, 1.807) is 73.7 Å². The topological polar surface area (TPSA) is 145 Å². The van der Waals surface area contributed by atoms with Crippen molar-refractivity contribution in [2.75, 3.05) is 39.2 Å². The highest BCUT2D eigenvalue weighted by Gasteiger charge is 2.50. The molecule has 13 heteroatoms. The zero-order valence-electron chi connectivity index (χ0n) is 32.5. The van der Waals surface area contributed by atoms with Crippen molar-refractivity contribution >= 4 is 64.4 Å². The van der Waals surface area contributed by atoms with E-state index in [0.717, 1.165) is 51.4 Å². The van der Waals surface area contributed by atoms with Crippen LogP contribution >= 0.6 is 0 Å². The molecule has 13 nitrogen and oxygen atoms in total. The molecule has 2 unspecified atom stereocenters. The SMILES string of the molecule is CC(=O)OC1C(=O)N(c2ccccc2)C(=O)N(c2cc(C)ccc2C)C1=O.CCN(CC)CC1C(=O)N(c2ccccc2)C(=O)N(c2cc(C)ccc2C)C1=O. The van der Waals surface area contributed by atoms with Crippen LogP contribution in [0.25, 0.3) is 0 Å². The van der Waals surface area contributed by atoms with Crippen LogP contribution < -0.4 is 19.6 Å². The van der Waals surface area contributed by atoms with Crippen molar-refractivity contribution in [1.82, 2.24) is 4.90 Å². The van der Waals surface area contributed by atoms with Crippen molar-refractivity contribution in [2.24, 2.45) is 5.92 Å². The molecule has 2 heterocycles. The zero-order valence-corrected chi connectivity index (χ0v) is 32.5. The molecule has 4 aromatic carbocycles. The van der Waals surface area contributed by atoms with Gasteiger partial charge in [0.1, 0.15) is 5.92 Å². The molecule has 4 aromatic rings. The number of para-hydroxylation sites is 2. The summed E-state index contributed by atoms with van der Waals surface area (Å²) in [6, 6.07) is 26.5. The molecule has 6 rings (SSSR count). The fourth-order valence-corrected chi connectivity index (χ4v) is 6.49. The summed E-state index contributed by atoms with van der Waals surface area (Å²) in [4.78, 5) is 96.4. The Hall–Kier alpha value is -6.47. The number of urea groups is 2. The fourth-order valence-electron chi connectivity index (χ4n) is 6.49. The number of aryl methyl sites for hydroxylation is 4. The van der Waals surface area contributed by atoms with Gasteiger partial charge in [-0.05, 0) is 99.4 Å². The number of hydrogen-bond donors (Lipinski definition) is 0. The van der Waals surface area contributed by atoms with Crippen molar-refractivity contribution in [2.45, 2.75) is 54.6 Å². The van der Waals surface area contributed by atoms with Gasteiger partial charge in [-0.2, -0.15) is 0 Å². The first-order valence-electron chi connectivity index (χ1n) is 18.3. The standard InChI is InChI=1S/C23H27N3O3.C20H18N2O5/c1-5-24(6-2)15-19-21(27)25(18-10-8-7-9-11-18)23(29)26(22(19)28)20-14-16(3)12-13-17(20)4;1-12-9-10-13(2)16(11-12)22-19(25)17(27-14(3)23)18(24)21(20(22)26)15-7-5-4-6-8-15/h7-14,19H,5-6,15H2,1-4H3;4-11,17H,1-3H3. The normalized spacial score (nSPS) is 17.4. The molecule has 2 atom stereocenters. The van der Waals surface area contributed by atoms with Gasteiger partial charge in [-0.25, -0.2) is 29.2 Å². The lowest BCUT2D eigenvalue weighted by Gasteiger charge is -2.38. The number of ether oxygens (including phenoxy) is 1. The Morgan fingerprint density at radius 3 is 1.39 bits per heavy atom. The number of carbonyl (C=O) groups is 7. The van der Waals surface area contributed by atoms with Gasteiger partial charge in [-0.1, -0.05) is 74.5 Å². The minimum absolute atomic E-state index is 0.280. The van der Waals surface area contributed by atoms with E-state index in [1.807, 2.05) is 69.9 Å². The van der Waals surface area contributed by atoms with Gasteiger partial charge in [0.15, 0.2) is 0 Å². The predicted molar refractivity (Wildman–Crippen MR) is 212 cm³/mol. The molecule has 0 N–H and O–H groups in total. The van der Waals surface area contributed by atoms with Gasteiger partial charge in [0, 0.05) is 13.5 Å². The minimum atomic E-state index is -1.72. The molecule has 2 fully saturated rings. The van der Waals surface area contributed by atoms with E-state index in [4.69, 9.17) is 4.74 Å². The number of esters is 1. The van der Waals surface area contributed by atoms with Crippen LogP contribution in [-0.4, -0.2) is 72.3 Å². The summed E-state index contributed by atoms with van der Waals surface area (Å²) in [7, 11) is 0. The van der Waals surface area contributed by atoms with Gasteiger partial charge in [-0.15, -0.1) is 0 Å². The highest BCUT2D eigenvalue weighted by atomic mass is 16.6. The van der Waals surface area contributed by atoms with Crippen molar-refractivity contribution in [1.29, 1.82) is 0 Å². The van der Waals surface area contributed by atoms with Crippen LogP contribution in [0, 0.1) is 33.6 Å². The monoisotopic (exact) mass is 759 g/mol. The van der Waals surface area contributed by atoms with E-state index in [0.29, 0.717) is 22.6 Å². The second-order valence-electron chi connectivity index (χ2n) is 13.5. The highest BCUT2D eigenvalue weighted by Crippen LogP contribution is 2.33. The molecule has 2 aliphatic rings. The molecule has 0 saturated carbocycles. The van der Waals surface area contributed by atoms with E-state index >= 15 is 0 Å². The van der Waals surface area contributed by atoms with E-state index in [9.17, 15) is 33.6 Å². The third kappa shape index (κ3) is 8.27. The summed E-state index contributed by atoms with van der Waals surface area (Å²) in [5, 5.41) is 0. The Labute approximate surface area is 326 Å². The van der Waals surface area contributed by atoms with E-state index in [1.165, 1.54) is 4.90 Å². The number of imide groups is 4. The summed E-state index contributed by atoms with van der Waals surface area (Å²) in [5.41, 5.74) is 4.88. The van der Waals surface area contributed by atoms with Crippen molar-refractivity contribution in [3.63, 3.8) is 0 Å². The van der Waals surface area contributed by atoms with Gasteiger partial charge >= 0.3 is 18.0 Å². The summed E-state index contributed by atoms with van der Waals surface area (Å²) in [6.07, 6.45) is -1.72. The molecule has 0 aliphatic carbocycles. The molecule has 8 amide bonds. The maximum atomic E-state index is 13.4. The molecule has 0 bridgehead atoms. The van der Waals surface area contributed by atoms with Crippen LogP contribution in [0.5, 0.6) is 0 Å². The quantitative estimate of drug-likeness (QED) is 0.138. The lowest BCUT2D eigenvalue weighted by atomic mass is 9.99. The summed E-state index contributed by atoms with van der Waals surface area (Å²) in [5.74, 6) is -4.45. The van der Waals surface area contributed by atoms with Crippen molar-refractivity contribution in [3.8, 4) is 0 Å². The fraction of sp³-hybridized carbons (Fsp3) is 0.279. The maximum Gasteiger partial charge on any atom is 0.342 e. The van der Waals surface area contributed by atoms with Crippen LogP contribution in [0.15, 0.2) is 97.1 Å². The lowest BCUT2D eigenvalue weighted by molar-refractivity contribution is -0.158. The number of anilines is 4. The summed E-state index contributed by atoms with van der Waals surface area (Å²) >= 11 is 0. The predicted octanol–water partition coefficient (Wildman–Crippen LogP) is 6.50. The van der Waals surface area contributed by atoms with Crippen LogP contribution in [0.4, 0.5) is 32.3 Å². The van der Waals surface area contributed by atoms with Gasteiger partial charge in [0.2, 0.25) is 11.8 Å². The molecule has 2 aliphatic heterocycles. The van der Waals surface area contributed by atoms with Gasteiger partial charge < -0.3 is 9.64 Å².